The molecule has 29 heavy (non-hydrogen) atoms. The summed E-state index contributed by atoms with van der Waals surface area (Å²) in [6, 6.07) is 12.6. The fraction of sp³-hybridized carbons (Fsp3) is 0.227. The Bertz CT molecular complexity index is 975. The fourth-order valence-electron chi connectivity index (χ4n) is 3.32. The monoisotopic (exact) mass is 394 g/mol. The highest BCUT2D eigenvalue weighted by atomic mass is 16.5. The Morgan fingerprint density at radius 1 is 1.10 bits per heavy atom. The third-order valence-corrected chi connectivity index (χ3v) is 4.85. The van der Waals surface area contributed by atoms with Crippen molar-refractivity contribution >= 4 is 23.4 Å². The molecule has 2 aromatic carbocycles. The van der Waals surface area contributed by atoms with Gasteiger partial charge in [-0.2, -0.15) is 0 Å². The van der Waals surface area contributed by atoms with Crippen LogP contribution in [0.3, 0.4) is 0 Å². The van der Waals surface area contributed by atoms with E-state index in [1.54, 1.807) is 48.5 Å². The number of aliphatic hydroxyl groups is 1. The zero-order chi connectivity index (χ0) is 21.1. The highest BCUT2D eigenvalue weighted by molar-refractivity contribution is 6.46. The van der Waals surface area contributed by atoms with Crippen molar-refractivity contribution in [1.29, 1.82) is 0 Å². The van der Waals surface area contributed by atoms with Gasteiger partial charge in [0.1, 0.15) is 11.5 Å². The molecular formula is C22H20NO6-. The number of rotatable bonds is 6. The summed E-state index contributed by atoms with van der Waals surface area (Å²) in [5.41, 5.74) is 1.84. The van der Waals surface area contributed by atoms with Crippen LogP contribution in [0.4, 0.5) is 0 Å². The lowest BCUT2D eigenvalue weighted by molar-refractivity contribution is -0.305. The minimum Gasteiger partial charge on any atom is -0.550 e. The number of carboxylic acid groups (broad SMARTS) is 1. The van der Waals surface area contributed by atoms with Crippen molar-refractivity contribution in [3.63, 3.8) is 0 Å². The number of hydrogen-bond donors (Lipinski definition) is 1. The van der Waals surface area contributed by atoms with Crippen LogP contribution in [0, 0.1) is 6.92 Å². The number of ether oxygens (including phenoxy) is 1. The number of methoxy groups -OCH3 is 1. The summed E-state index contributed by atoms with van der Waals surface area (Å²) in [5.74, 6) is -2.78. The number of likely N-dealkylation sites (tertiary alicyclic amines) is 1. The average Bonchev–Trinajstić information content (AvgIpc) is 2.97. The fourth-order valence-corrected chi connectivity index (χ4v) is 3.32. The first-order valence-corrected chi connectivity index (χ1v) is 9.02. The van der Waals surface area contributed by atoms with Gasteiger partial charge in [-0.15, -0.1) is 0 Å². The molecule has 0 aliphatic carbocycles. The van der Waals surface area contributed by atoms with E-state index >= 15 is 0 Å². The van der Waals surface area contributed by atoms with Crippen LogP contribution in [-0.4, -0.2) is 41.3 Å². The number of aryl methyl sites for hydroxylation is 1. The van der Waals surface area contributed by atoms with Gasteiger partial charge in [0.05, 0.1) is 18.7 Å². The highest BCUT2D eigenvalue weighted by Gasteiger charge is 2.45. The van der Waals surface area contributed by atoms with Gasteiger partial charge in [-0.05, 0) is 24.6 Å². The maximum atomic E-state index is 12.8. The van der Waals surface area contributed by atoms with Crippen molar-refractivity contribution in [2.45, 2.75) is 19.4 Å². The first-order chi connectivity index (χ1) is 13.8. The van der Waals surface area contributed by atoms with E-state index in [9.17, 15) is 24.6 Å². The maximum Gasteiger partial charge on any atom is 0.295 e. The van der Waals surface area contributed by atoms with Gasteiger partial charge < -0.3 is 24.6 Å². The van der Waals surface area contributed by atoms with Gasteiger partial charge in [0, 0.05) is 24.5 Å². The Hall–Kier alpha value is -3.61. The first kappa shape index (κ1) is 20.1. The summed E-state index contributed by atoms with van der Waals surface area (Å²) in [5, 5.41) is 21.8. The Kier molecular flexibility index (Phi) is 5.68. The highest BCUT2D eigenvalue weighted by Crippen LogP contribution is 2.39. The summed E-state index contributed by atoms with van der Waals surface area (Å²) in [6.45, 7) is 1.67. The van der Waals surface area contributed by atoms with Gasteiger partial charge in [0.25, 0.3) is 11.7 Å². The molecule has 7 nitrogen and oxygen atoms in total. The quantitative estimate of drug-likeness (QED) is 0.453. The number of carbonyl (C=O) groups excluding carboxylic acids is 3. The van der Waals surface area contributed by atoms with E-state index in [2.05, 4.69) is 0 Å². The van der Waals surface area contributed by atoms with Gasteiger partial charge in [-0.1, -0.05) is 42.0 Å². The van der Waals surface area contributed by atoms with Crippen LogP contribution in [0.1, 0.15) is 29.2 Å². The second-order valence-corrected chi connectivity index (χ2v) is 6.75. The van der Waals surface area contributed by atoms with E-state index in [-0.39, 0.29) is 17.9 Å². The van der Waals surface area contributed by atoms with Crippen LogP contribution in [0.15, 0.2) is 54.1 Å². The smallest absolute Gasteiger partial charge is 0.295 e. The Morgan fingerprint density at radius 2 is 1.72 bits per heavy atom. The molecule has 0 unspecified atom stereocenters. The third kappa shape index (κ3) is 3.99. The average molecular weight is 394 g/mol. The number of amides is 1. The first-order valence-electron chi connectivity index (χ1n) is 9.02. The zero-order valence-electron chi connectivity index (χ0n) is 16.0. The van der Waals surface area contributed by atoms with Crippen molar-refractivity contribution in [1.82, 2.24) is 4.90 Å². The largest absolute Gasteiger partial charge is 0.550 e. The van der Waals surface area contributed by atoms with Crippen LogP contribution >= 0.6 is 0 Å². The number of carbonyl (C=O) groups is 3. The molecule has 1 aliphatic heterocycles. The lowest BCUT2D eigenvalue weighted by Gasteiger charge is -2.25. The van der Waals surface area contributed by atoms with Crippen molar-refractivity contribution in [2.24, 2.45) is 0 Å². The maximum absolute atomic E-state index is 12.8. The Balaban J connectivity index is 2.13. The van der Waals surface area contributed by atoms with Gasteiger partial charge in [-0.25, -0.2) is 0 Å². The molecule has 1 fully saturated rings. The SMILES string of the molecule is COc1ccc([C@H]2C(=C(O)c3ccc(C)cc3)C(=O)C(=O)N2CCC(=O)[O-])cc1. The topological polar surface area (TPSA) is 107 Å². The summed E-state index contributed by atoms with van der Waals surface area (Å²) in [7, 11) is 1.51. The van der Waals surface area contributed by atoms with Crippen LogP contribution in [-0.2, 0) is 14.4 Å². The molecule has 0 radical (unpaired) electrons. The molecule has 1 aliphatic rings. The molecule has 0 spiro atoms. The third-order valence-electron chi connectivity index (χ3n) is 4.85. The van der Waals surface area contributed by atoms with E-state index < -0.39 is 30.1 Å². The zero-order valence-corrected chi connectivity index (χ0v) is 16.0. The predicted molar refractivity (Wildman–Crippen MR) is 103 cm³/mol. The summed E-state index contributed by atoms with van der Waals surface area (Å²) in [4.78, 5) is 37.5. The van der Waals surface area contributed by atoms with Crippen molar-refractivity contribution < 1.29 is 29.3 Å². The van der Waals surface area contributed by atoms with Crippen LogP contribution in [0.5, 0.6) is 5.75 Å². The van der Waals surface area contributed by atoms with Gasteiger partial charge >= 0.3 is 0 Å². The molecule has 1 saturated heterocycles. The summed E-state index contributed by atoms with van der Waals surface area (Å²) < 4.78 is 5.14. The normalized spacial score (nSPS) is 18.1. The molecule has 150 valence electrons. The second kappa shape index (κ2) is 8.18. The Labute approximate surface area is 167 Å². The molecule has 2 aromatic rings. The number of nitrogens with zero attached hydrogens (tertiary/aromatic N) is 1. The van der Waals surface area contributed by atoms with Crippen LogP contribution in [0.25, 0.3) is 5.76 Å². The molecule has 1 amide bonds. The number of benzene rings is 2. The number of ketones is 1. The standard InChI is InChI=1S/C22H21NO6/c1-13-3-5-15(6-4-13)20(26)18-19(14-7-9-16(29-2)10-8-14)23(12-11-17(24)25)22(28)21(18)27/h3-10,19,26H,11-12H2,1-2H3,(H,24,25)/p-1/t19-/m0/s1. The van der Waals surface area contributed by atoms with E-state index in [0.717, 1.165) is 10.5 Å². The van der Waals surface area contributed by atoms with Crippen molar-refractivity contribution in [2.75, 3.05) is 13.7 Å². The van der Waals surface area contributed by atoms with E-state index in [0.29, 0.717) is 16.9 Å². The molecular weight excluding hydrogens is 374 g/mol. The molecule has 3 rings (SSSR count). The lowest BCUT2D eigenvalue weighted by Crippen LogP contribution is -2.34. The molecule has 0 aromatic heterocycles. The number of Topliss-reactive ketones (excluding diaryl/α,β-unsaturated/α-hetero) is 1. The molecule has 0 saturated carbocycles. The Morgan fingerprint density at radius 3 is 2.28 bits per heavy atom. The van der Waals surface area contributed by atoms with Crippen molar-refractivity contribution in [3.8, 4) is 5.75 Å². The lowest BCUT2D eigenvalue weighted by atomic mass is 9.95. The van der Waals surface area contributed by atoms with Gasteiger partial charge in [-0.3, -0.25) is 9.59 Å². The molecule has 7 heteroatoms. The van der Waals surface area contributed by atoms with Gasteiger partial charge in [0.15, 0.2) is 0 Å². The molecule has 1 heterocycles. The number of aliphatic hydroxyl groups excluding tert-OH is 1. The van der Waals surface area contributed by atoms with E-state index in [1.165, 1.54) is 7.11 Å². The van der Waals surface area contributed by atoms with E-state index in [1.807, 2.05) is 6.92 Å². The second-order valence-electron chi connectivity index (χ2n) is 6.75. The van der Waals surface area contributed by atoms with Gasteiger partial charge in [0.2, 0.25) is 0 Å². The number of carboxylic acids is 1. The van der Waals surface area contributed by atoms with Crippen LogP contribution in [0.2, 0.25) is 0 Å². The van der Waals surface area contributed by atoms with Crippen molar-refractivity contribution in [3.05, 3.63) is 70.8 Å². The predicted octanol–water partition coefficient (Wildman–Crippen LogP) is 1.57. The minimum atomic E-state index is -1.33. The summed E-state index contributed by atoms with van der Waals surface area (Å²) in [6.07, 6.45) is -0.426. The minimum absolute atomic E-state index is 0.0811. The number of aliphatic carboxylic acids is 1. The summed E-state index contributed by atoms with van der Waals surface area (Å²) >= 11 is 0. The molecule has 0 bridgehead atoms. The molecule has 1 atom stereocenters. The number of hydrogen-bond acceptors (Lipinski definition) is 6. The van der Waals surface area contributed by atoms with Crippen LogP contribution < -0.4 is 9.84 Å². The van der Waals surface area contributed by atoms with E-state index in [4.69, 9.17) is 4.74 Å². The molecule has 1 N–H and O–H groups in total.